The zero-order chi connectivity index (χ0) is 19.8. The summed E-state index contributed by atoms with van der Waals surface area (Å²) in [6, 6.07) is 8.29. The molecule has 3 aromatic rings. The van der Waals surface area contributed by atoms with Gasteiger partial charge in [-0.1, -0.05) is 34.4 Å². The van der Waals surface area contributed by atoms with Crippen LogP contribution in [0.25, 0.3) is 11.4 Å². The molecule has 144 valence electrons. The van der Waals surface area contributed by atoms with Gasteiger partial charge in [0.1, 0.15) is 11.6 Å². The molecule has 1 aliphatic rings. The van der Waals surface area contributed by atoms with Gasteiger partial charge in [-0.3, -0.25) is 4.79 Å². The summed E-state index contributed by atoms with van der Waals surface area (Å²) in [5.41, 5.74) is 1.08. The molecule has 5 nitrogen and oxygen atoms in total. The molecule has 1 unspecified atom stereocenters. The van der Waals surface area contributed by atoms with Crippen molar-refractivity contribution in [2.24, 2.45) is 0 Å². The van der Waals surface area contributed by atoms with Crippen LogP contribution in [0.4, 0.5) is 8.78 Å². The van der Waals surface area contributed by atoms with E-state index in [9.17, 15) is 13.6 Å². The van der Waals surface area contributed by atoms with Crippen molar-refractivity contribution in [3.05, 3.63) is 69.5 Å². The molecule has 1 amide bonds. The van der Waals surface area contributed by atoms with E-state index < -0.39 is 11.6 Å². The van der Waals surface area contributed by atoms with Gasteiger partial charge in [0.2, 0.25) is 17.6 Å². The zero-order valence-corrected chi connectivity index (χ0v) is 15.8. The molecule has 0 radical (unpaired) electrons. The zero-order valence-electron chi connectivity index (χ0n) is 14.3. The molecule has 28 heavy (non-hydrogen) atoms. The molecule has 9 heteroatoms. The smallest absolute Gasteiger partial charge is 0.232 e. The van der Waals surface area contributed by atoms with Gasteiger partial charge in [0.15, 0.2) is 0 Å². The highest BCUT2D eigenvalue weighted by atomic mass is 35.5. The van der Waals surface area contributed by atoms with Gasteiger partial charge in [-0.25, -0.2) is 8.78 Å². The first kappa shape index (κ1) is 18.8. The van der Waals surface area contributed by atoms with Crippen LogP contribution < -0.4 is 0 Å². The predicted molar refractivity (Wildman–Crippen MR) is 98.9 cm³/mol. The van der Waals surface area contributed by atoms with Crippen LogP contribution in [-0.2, 0) is 11.3 Å². The molecule has 0 aliphatic carbocycles. The summed E-state index contributed by atoms with van der Waals surface area (Å²) in [6.07, 6.45) is 0.204. The largest absolute Gasteiger partial charge is 0.339 e. The lowest BCUT2D eigenvalue weighted by Gasteiger charge is -2.17. The minimum absolute atomic E-state index is 0.00366. The highest BCUT2D eigenvalue weighted by Gasteiger charge is 2.34. The summed E-state index contributed by atoms with van der Waals surface area (Å²) in [7, 11) is 0. The second-order valence-corrected chi connectivity index (χ2v) is 7.31. The molecule has 1 atom stereocenters. The van der Waals surface area contributed by atoms with Crippen LogP contribution in [0.15, 0.2) is 40.9 Å². The molecule has 1 fully saturated rings. The van der Waals surface area contributed by atoms with Crippen molar-refractivity contribution in [3.63, 3.8) is 0 Å². The Bertz CT molecular complexity index is 1060. The minimum atomic E-state index is -0.580. The lowest BCUT2D eigenvalue weighted by atomic mass is 10.1. The number of aromatic nitrogens is 2. The molecule has 0 bridgehead atoms. The van der Waals surface area contributed by atoms with E-state index in [1.807, 2.05) is 0 Å². The number of hydrogen-bond donors (Lipinski definition) is 0. The average molecular weight is 424 g/mol. The highest BCUT2D eigenvalue weighted by Crippen LogP contribution is 2.31. The summed E-state index contributed by atoms with van der Waals surface area (Å²) >= 11 is 11.7. The summed E-state index contributed by atoms with van der Waals surface area (Å²) in [5, 5.41) is 4.14. The topological polar surface area (TPSA) is 59.2 Å². The Balaban J connectivity index is 1.49. The molecule has 2 aromatic carbocycles. The van der Waals surface area contributed by atoms with Gasteiger partial charge in [-0.15, -0.1) is 0 Å². The Kier molecular flexibility index (Phi) is 5.03. The molecule has 2 heterocycles. The van der Waals surface area contributed by atoms with Gasteiger partial charge in [-0.05, 0) is 35.9 Å². The number of nitrogens with zero attached hydrogens (tertiary/aromatic N) is 3. The standard InChI is InChI=1S/C19H13Cl2F2N3O2/c20-14-4-2-10(5-16(14)23)18-24-19(28-25-18)12-6-17(27)26(9-12)8-11-1-3-13(22)7-15(11)21/h1-5,7,12H,6,8-9H2. The normalized spacial score (nSPS) is 16.8. The van der Waals surface area contributed by atoms with Crippen molar-refractivity contribution in [2.45, 2.75) is 18.9 Å². The van der Waals surface area contributed by atoms with Crippen LogP contribution in [0.3, 0.4) is 0 Å². The Morgan fingerprint density at radius 1 is 1.14 bits per heavy atom. The fraction of sp³-hybridized carbons (Fsp3) is 0.211. The first-order chi connectivity index (χ1) is 13.4. The number of halogens is 4. The van der Waals surface area contributed by atoms with E-state index in [1.54, 1.807) is 17.0 Å². The fourth-order valence-electron chi connectivity index (χ4n) is 3.10. The average Bonchev–Trinajstić information content (AvgIpc) is 3.27. The number of hydrogen-bond acceptors (Lipinski definition) is 4. The summed E-state index contributed by atoms with van der Waals surface area (Å²) in [6.45, 7) is 0.626. The first-order valence-corrected chi connectivity index (χ1v) is 9.17. The van der Waals surface area contributed by atoms with E-state index in [-0.39, 0.29) is 40.7 Å². The van der Waals surface area contributed by atoms with Gasteiger partial charge < -0.3 is 9.42 Å². The molecular formula is C19H13Cl2F2N3O2. The van der Waals surface area contributed by atoms with Crippen LogP contribution in [0.2, 0.25) is 10.0 Å². The van der Waals surface area contributed by atoms with E-state index in [1.165, 1.54) is 24.3 Å². The molecule has 1 aromatic heterocycles. The summed E-state index contributed by atoms with van der Waals surface area (Å²) in [4.78, 5) is 18.3. The SMILES string of the molecule is O=C1CC(c2nc(-c3ccc(Cl)c(F)c3)no2)CN1Cc1ccc(F)cc1Cl. The summed E-state index contributed by atoms with van der Waals surface area (Å²) in [5.74, 6) is -0.877. The van der Waals surface area contributed by atoms with Crippen LogP contribution in [0.5, 0.6) is 0 Å². The van der Waals surface area contributed by atoms with Crippen molar-refractivity contribution in [2.75, 3.05) is 6.54 Å². The van der Waals surface area contributed by atoms with Gasteiger partial charge >= 0.3 is 0 Å². The van der Waals surface area contributed by atoms with Gasteiger partial charge in [-0.2, -0.15) is 4.98 Å². The molecule has 4 rings (SSSR count). The lowest BCUT2D eigenvalue weighted by molar-refractivity contribution is -0.128. The monoisotopic (exact) mass is 423 g/mol. The van der Waals surface area contributed by atoms with Crippen LogP contribution in [0, 0.1) is 11.6 Å². The van der Waals surface area contributed by atoms with Crippen molar-refractivity contribution < 1.29 is 18.1 Å². The van der Waals surface area contributed by atoms with Crippen molar-refractivity contribution in [1.29, 1.82) is 0 Å². The van der Waals surface area contributed by atoms with E-state index in [0.29, 0.717) is 23.6 Å². The Morgan fingerprint density at radius 3 is 2.71 bits per heavy atom. The third-order valence-electron chi connectivity index (χ3n) is 4.56. The van der Waals surface area contributed by atoms with Crippen LogP contribution in [-0.4, -0.2) is 27.5 Å². The van der Waals surface area contributed by atoms with Crippen molar-refractivity contribution in [3.8, 4) is 11.4 Å². The van der Waals surface area contributed by atoms with Crippen LogP contribution >= 0.6 is 23.2 Å². The van der Waals surface area contributed by atoms with Gasteiger partial charge in [0.25, 0.3) is 0 Å². The predicted octanol–water partition coefficient (Wildman–Crippen LogP) is 4.84. The van der Waals surface area contributed by atoms with E-state index in [2.05, 4.69) is 10.1 Å². The molecule has 1 aliphatic heterocycles. The van der Waals surface area contributed by atoms with E-state index in [0.717, 1.165) is 0 Å². The van der Waals surface area contributed by atoms with E-state index >= 15 is 0 Å². The third-order valence-corrected chi connectivity index (χ3v) is 5.22. The maximum Gasteiger partial charge on any atom is 0.232 e. The lowest BCUT2D eigenvalue weighted by Crippen LogP contribution is -2.24. The number of carbonyl (C=O) groups excluding carboxylic acids is 1. The molecule has 0 spiro atoms. The maximum absolute atomic E-state index is 13.6. The number of likely N-dealkylation sites (tertiary alicyclic amines) is 1. The Morgan fingerprint density at radius 2 is 1.96 bits per heavy atom. The second-order valence-electron chi connectivity index (χ2n) is 6.50. The third kappa shape index (κ3) is 3.72. The van der Waals surface area contributed by atoms with Gasteiger partial charge in [0.05, 0.1) is 10.9 Å². The van der Waals surface area contributed by atoms with E-state index in [4.69, 9.17) is 27.7 Å². The number of benzene rings is 2. The molecular weight excluding hydrogens is 411 g/mol. The Labute approximate surface area is 168 Å². The highest BCUT2D eigenvalue weighted by molar-refractivity contribution is 6.31. The van der Waals surface area contributed by atoms with Gasteiger partial charge in [0, 0.05) is 30.1 Å². The molecule has 1 saturated heterocycles. The second kappa shape index (κ2) is 7.48. The fourth-order valence-corrected chi connectivity index (χ4v) is 3.44. The maximum atomic E-state index is 13.6. The summed E-state index contributed by atoms with van der Waals surface area (Å²) < 4.78 is 32.1. The molecule has 0 N–H and O–H groups in total. The van der Waals surface area contributed by atoms with Crippen LogP contribution in [0.1, 0.15) is 23.8 Å². The quantitative estimate of drug-likeness (QED) is 0.602. The number of amides is 1. The first-order valence-electron chi connectivity index (χ1n) is 8.41. The number of carbonyl (C=O) groups is 1. The number of rotatable bonds is 4. The van der Waals surface area contributed by atoms with Crippen molar-refractivity contribution >= 4 is 29.1 Å². The van der Waals surface area contributed by atoms with Crippen molar-refractivity contribution in [1.82, 2.24) is 15.0 Å². The Hall–Kier alpha value is -2.51. The minimum Gasteiger partial charge on any atom is -0.339 e. The molecule has 0 saturated carbocycles.